The zero-order valence-electron chi connectivity index (χ0n) is 9.14. The van der Waals surface area contributed by atoms with Crippen molar-refractivity contribution in [2.45, 2.75) is 12.5 Å². The maximum Gasteiger partial charge on any atom is 0.323 e. The van der Waals surface area contributed by atoms with E-state index in [2.05, 4.69) is 15.0 Å². The fourth-order valence-electron chi connectivity index (χ4n) is 1.10. The number of carbonyl (C=O) groups is 2. The molecule has 7 nitrogen and oxygen atoms in total. The van der Waals surface area contributed by atoms with Crippen molar-refractivity contribution in [3.63, 3.8) is 0 Å². The zero-order valence-corrected chi connectivity index (χ0v) is 9.14. The summed E-state index contributed by atoms with van der Waals surface area (Å²) < 4.78 is 6.05. The second-order valence-electron chi connectivity index (χ2n) is 3.24. The Bertz CT molecular complexity index is 388. The highest BCUT2D eigenvalue weighted by molar-refractivity contribution is 5.93. The summed E-state index contributed by atoms with van der Waals surface area (Å²) in [6, 6.07) is -0.953. The number of nitrogens with one attached hydrogen (secondary N) is 1. The van der Waals surface area contributed by atoms with Gasteiger partial charge in [0.05, 0.1) is 13.5 Å². The van der Waals surface area contributed by atoms with Gasteiger partial charge in [-0.3, -0.25) is 14.9 Å². The van der Waals surface area contributed by atoms with Gasteiger partial charge in [-0.15, -0.1) is 0 Å². The third kappa shape index (κ3) is 3.06. The molecule has 0 spiro atoms. The van der Waals surface area contributed by atoms with E-state index in [1.807, 2.05) is 0 Å². The molecular weight excluding hydrogens is 212 g/mol. The number of nitrogens with zero attached hydrogens (tertiary/aromatic N) is 2. The average Bonchev–Trinajstić information content (AvgIpc) is 2.63. The van der Waals surface area contributed by atoms with Crippen LogP contribution in [-0.4, -0.2) is 34.6 Å². The molecular formula is C9H14N4O3. The summed E-state index contributed by atoms with van der Waals surface area (Å²) in [5.74, 6) is -0.593. The quantitative estimate of drug-likeness (QED) is 0.658. The van der Waals surface area contributed by atoms with Crippen molar-refractivity contribution in [1.29, 1.82) is 0 Å². The van der Waals surface area contributed by atoms with Gasteiger partial charge in [0.1, 0.15) is 6.04 Å². The highest BCUT2D eigenvalue weighted by atomic mass is 16.5. The Morgan fingerprint density at radius 1 is 1.69 bits per heavy atom. The number of nitrogens with two attached hydrogens (primary N) is 1. The smallest absolute Gasteiger partial charge is 0.323 e. The predicted molar refractivity (Wildman–Crippen MR) is 56.4 cm³/mol. The first-order chi connectivity index (χ1) is 7.54. The maximum absolute atomic E-state index is 11.4. The van der Waals surface area contributed by atoms with Crippen molar-refractivity contribution in [1.82, 2.24) is 9.55 Å². The summed E-state index contributed by atoms with van der Waals surface area (Å²) in [6.07, 6.45) is 3.10. The van der Waals surface area contributed by atoms with Crippen LogP contribution < -0.4 is 11.1 Å². The van der Waals surface area contributed by atoms with Gasteiger partial charge >= 0.3 is 5.97 Å². The third-order valence-electron chi connectivity index (χ3n) is 1.98. The molecule has 0 radical (unpaired) electrons. The maximum atomic E-state index is 11.4. The van der Waals surface area contributed by atoms with Gasteiger partial charge in [0, 0.05) is 19.4 Å². The van der Waals surface area contributed by atoms with Crippen LogP contribution in [0, 0.1) is 0 Å². The highest BCUT2D eigenvalue weighted by Gasteiger charge is 2.18. The molecule has 0 saturated carbocycles. The van der Waals surface area contributed by atoms with Crippen LogP contribution >= 0.6 is 0 Å². The molecule has 1 amide bonds. The number of anilines is 1. The molecule has 0 fully saturated rings. The van der Waals surface area contributed by atoms with Crippen molar-refractivity contribution in [2.24, 2.45) is 12.8 Å². The van der Waals surface area contributed by atoms with Crippen LogP contribution in [0.5, 0.6) is 0 Å². The lowest BCUT2D eigenvalue weighted by Gasteiger charge is -2.09. The minimum Gasteiger partial charge on any atom is -0.468 e. The molecule has 1 aromatic rings. The fraction of sp³-hybridized carbons (Fsp3) is 0.444. The normalized spacial score (nSPS) is 11.9. The largest absolute Gasteiger partial charge is 0.468 e. The van der Waals surface area contributed by atoms with E-state index in [9.17, 15) is 9.59 Å². The number of rotatable bonds is 4. The van der Waals surface area contributed by atoms with Crippen molar-refractivity contribution in [3.8, 4) is 0 Å². The van der Waals surface area contributed by atoms with Gasteiger partial charge < -0.3 is 15.0 Å². The van der Waals surface area contributed by atoms with Gasteiger partial charge in [0.25, 0.3) is 0 Å². The monoisotopic (exact) mass is 226 g/mol. The second kappa shape index (κ2) is 5.26. The minimum absolute atomic E-state index is 0.139. The molecule has 0 bridgehead atoms. The number of aromatic nitrogens is 2. The van der Waals surface area contributed by atoms with E-state index in [-0.39, 0.29) is 12.3 Å². The summed E-state index contributed by atoms with van der Waals surface area (Å²) >= 11 is 0. The molecule has 1 rings (SSSR count). The van der Waals surface area contributed by atoms with Crippen molar-refractivity contribution in [3.05, 3.63) is 12.4 Å². The predicted octanol–water partition coefficient (Wildman–Crippen LogP) is -0.751. The van der Waals surface area contributed by atoms with Crippen LogP contribution in [0.3, 0.4) is 0 Å². The fourth-order valence-corrected chi connectivity index (χ4v) is 1.10. The molecule has 0 unspecified atom stereocenters. The Balaban J connectivity index is 2.48. The van der Waals surface area contributed by atoms with E-state index in [1.54, 1.807) is 24.0 Å². The van der Waals surface area contributed by atoms with Gasteiger partial charge in [0.2, 0.25) is 11.9 Å². The molecule has 0 aliphatic carbocycles. The SMILES string of the molecule is COC(=O)[C@@H](N)CC(=O)Nc1nccn1C. The van der Waals surface area contributed by atoms with E-state index in [0.717, 1.165) is 0 Å². The van der Waals surface area contributed by atoms with E-state index in [4.69, 9.17) is 5.73 Å². The lowest BCUT2D eigenvalue weighted by Crippen LogP contribution is -2.35. The summed E-state index contributed by atoms with van der Waals surface area (Å²) in [5, 5.41) is 2.53. The standard InChI is InChI=1S/C9H14N4O3/c1-13-4-3-11-9(13)12-7(14)5-6(10)8(15)16-2/h3-4,6H,5,10H2,1-2H3,(H,11,12,14)/t6-/m0/s1. The van der Waals surface area contributed by atoms with Gasteiger partial charge in [-0.05, 0) is 0 Å². The van der Waals surface area contributed by atoms with Gasteiger partial charge in [-0.2, -0.15) is 0 Å². The summed E-state index contributed by atoms with van der Waals surface area (Å²) in [4.78, 5) is 26.3. The Morgan fingerprint density at radius 2 is 2.38 bits per heavy atom. The number of carbonyl (C=O) groups excluding carboxylic acids is 2. The molecule has 7 heteroatoms. The van der Waals surface area contributed by atoms with Gasteiger partial charge in [0.15, 0.2) is 0 Å². The number of hydrogen-bond donors (Lipinski definition) is 2. The molecule has 0 aliphatic rings. The molecule has 1 heterocycles. The Morgan fingerprint density at radius 3 is 2.88 bits per heavy atom. The van der Waals surface area contributed by atoms with Crippen LogP contribution in [0.1, 0.15) is 6.42 Å². The minimum atomic E-state index is -0.953. The van der Waals surface area contributed by atoms with Crippen LogP contribution in [-0.2, 0) is 21.4 Å². The molecule has 3 N–H and O–H groups in total. The highest BCUT2D eigenvalue weighted by Crippen LogP contribution is 2.02. The van der Waals surface area contributed by atoms with Crippen LogP contribution in [0.4, 0.5) is 5.95 Å². The van der Waals surface area contributed by atoms with Crippen LogP contribution in [0.25, 0.3) is 0 Å². The number of esters is 1. The third-order valence-corrected chi connectivity index (χ3v) is 1.98. The van der Waals surface area contributed by atoms with E-state index in [0.29, 0.717) is 5.95 Å². The van der Waals surface area contributed by atoms with Gasteiger partial charge in [-0.1, -0.05) is 0 Å². The Kier molecular flexibility index (Phi) is 4.01. The van der Waals surface area contributed by atoms with E-state index < -0.39 is 12.0 Å². The molecule has 0 aromatic carbocycles. The second-order valence-corrected chi connectivity index (χ2v) is 3.24. The van der Waals surface area contributed by atoms with Crippen molar-refractivity contribution < 1.29 is 14.3 Å². The van der Waals surface area contributed by atoms with Crippen LogP contribution in [0.15, 0.2) is 12.4 Å². The zero-order chi connectivity index (χ0) is 12.1. The number of amides is 1. The first-order valence-corrected chi connectivity index (χ1v) is 4.65. The van der Waals surface area contributed by atoms with Crippen molar-refractivity contribution >= 4 is 17.8 Å². The number of aryl methyl sites for hydroxylation is 1. The van der Waals surface area contributed by atoms with Crippen molar-refractivity contribution in [2.75, 3.05) is 12.4 Å². The summed E-state index contributed by atoms with van der Waals surface area (Å²) in [5.41, 5.74) is 5.43. The summed E-state index contributed by atoms with van der Waals surface area (Å²) in [6.45, 7) is 0. The van der Waals surface area contributed by atoms with Gasteiger partial charge in [-0.25, -0.2) is 4.98 Å². The number of ether oxygens (including phenoxy) is 1. The number of methoxy groups -OCH3 is 1. The molecule has 16 heavy (non-hydrogen) atoms. The Hall–Kier alpha value is -1.89. The molecule has 88 valence electrons. The molecule has 0 aliphatic heterocycles. The number of hydrogen-bond acceptors (Lipinski definition) is 5. The first-order valence-electron chi connectivity index (χ1n) is 4.65. The van der Waals surface area contributed by atoms with E-state index >= 15 is 0 Å². The molecule has 1 atom stereocenters. The topological polar surface area (TPSA) is 99.2 Å². The lowest BCUT2D eigenvalue weighted by molar-refractivity contribution is -0.143. The lowest BCUT2D eigenvalue weighted by atomic mass is 10.2. The average molecular weight is 226 g/mol. The van der Waals surface area contributed by atoms with Crippen LogP contribution in [0.2, 0.25) is 0 Å². The Labute approximate surface area is 92.6 Å². The summed E-state index contributed by atoms with van der Waals surface area (Å²) in [7, 11) is 2.96. The molecule has 1 aromatic heterocycles. The number of imidazole rings is 1. The first kappa shape index (κ1) is 12.2. The van der Waals surface area contributed by atoms with E-state index in [1.165, 1.54) is 7.11 Å². The molecule has 0 saturated heterocycles.